The maximum Gasteiger partial charge on any atom is 0.461 e. The van der Waals surface area contributed by atoms with Crippen LogP contribution in [0.1, 0.15) is 11.6 Å². The van der Waals surface area contributed by atoms with Crippen molar-refractivity contribution in [2.75, 3.05) is 18.1 Å². The fourth-order valence-corrected chi connectivity index (χ4v) is 4.04. The maximum atomic E-state index is 13.9. The van der Waals surface area contributed by atoms with E-state index in [1.807, 2.05) is 0 Å². The molecule has 0 saturated heterocycles. The molecule has 1 aliphatic rings. The third-order valence-electron chi connectivity index (χ3n) is 5.74. The van der Waals surface area contributed by atoms with Crippen LogP contribution < -0.4 is 14.4 Å². The number of halogens is 9. The molecule has 3 aromatic rings. The smallest absolute Gasteiger partial charge is 0.461 e. The van der Waals surface area contributed by atoms with E-state index in [9.17, 15) is 44.6 Å². The summed E-state index contributed by atoms with van der Waals surface area (Å²) >= 11 is 0. The molecule has 13 heteroatoms. The van der Waals surface area contributed by atoms with E-state index in [-0.39, 0.29) is 28.1 Å². The predicted octanol–water partition coefficient (Wildman–Crippen LogP) is 6.73. The highest BCUT2D eigenvalue weighted by molar-refractivity contribution is 5.80. The van der Waals surface area contributed by atoms with Crippen LogP contribution in [-0.2, 0) is 0 Å². The SMILES string of the molecule is OC(CN1c2cccc(-c3cc(F)cc(F)c3)c2OCC1c1cccc(OC(F)(F)C(F)F)c1)C(F)(F)F. The number of aliphatic hydroxyl groups excluding tert-OH is 1. The number of alkyl halides is 7. The number of nitrogens with zero attached hydrogens (tertiary/aromatic N) is 1. The van der Waals surface area contributed by atoms with Crippen molar-refractivity contribution in [1.29, 1.82) is 0 Å². The molecular weight excluding hydrogens is 533 g/mol. The van der Waals surface area contributed by atoms with Gasteiger partial charge in [-0.1, -0.05) is 24.3 Å². The molecule has 2 atom stereocenters. The zero-order valence-corrected chi connectivity index (χ0v) is 19.0. The first kappa shape index (κ1) is 27.4. The molecule has 4 nitrogen and oxygen atoms in total. The fourth-order valence-electron chi connectivity index (χ4n) is 4.04. The third-order valence-corrected chi connectivity index (χ3v) is 5.74. The standard InChI is InChI=1S/C25H18F9NO3/c26-15-7-14(8-16(27)10-15)18-5-2-6-19-22(18)37-12-20(35(19)11-21(36)24(30,31)32)13-3-1-4-17(9-13)38-25(33,34)23(28)29/h1-10,20-21,23,36H,11-12H2. The third kappa shape index (κ3) is 5.77. The van der Waals surface area contributed by atoms with E-state index in [2.05, 4.69) is 4.74 Å². The summed E-state index contributed by atoms with van der Waals surface area (Å²) in [6.07, 6.45) is -16.8. The summed E-state index contributed by atoms with van der Waals surface area (Å²) < 4.78 is 129. The summed E-state index contributed by atoms with van der Waals surface area (Å²) in [5, 5.41) is 9.84. The molecule has 0 bridgehead atoms. The van der Waals surface area contributed by atoms with Gasteiger partial charge in [-0.05, 0) is 41.5 Å². The highest BCUT2D eigenvalue weighted by Crippen LogP contribution is 2.46. The average Bonchev–Trinajstić information content (AvgIpc) is 2.82. The van der Waals surface area contributed by atoms with Crippen molar-refractivity contribution in [2.24, 2.45) is 0 Å². The van der Waals surface area contributed by atoms with Gasteiger partial charge < -0.3 is 19.5 Å². The van der Waals surface area contributed by atoms with Gasteiger partial charge in [-0.3, -0.25) is 0 Å². The number of fused-ring (bicyclic) bond motifs is 1. The number of β-amino-alcohol motifs (C(OH)–C–C–N with tert-alkyl or cyclic N) is 1. The minimum atomic E-state index is -5.03. The minimum absolute atomic E-state index is 0.00375. The Bertz CT molecular complexity index is 1280. The van der Waals surface area contributed by atoms with Crippen molar-refractivity contribution in [3.63, 3.8) is 0 Å². The van der Waals surface area contributed by atoms with Crippen LogP contribution in [0.5, 0.6) is 11.5 Å². The molecule has 0 saturated carbocycles. The average molecular weight is 551 g/mol. The van der Waals surface area contributed by atoms with Crippen LogP contribution in [0.4, 0.5) is 45.2 Å². The largest absolute Gasteiger partial charge is 0.488 e. The number of rotatable bonds is 7. The monoisotopic (exact) mass is 551 g/mol. The second-order valence-electron chi connectivity index (χ2n) is 8.39. The molecule has 38 heavy (non-hydrogen) atoms. The molecule has 0 amide bonds. The number of hydrogen-bond donors (Lipinski definition) is 1. The van der Waals surface area contributed by atoms with E-state index in [0.29, 0.717) is 6.07 Å². The number of hydrogen-bond acceptors (Lipinski definition) is 4. The van der Waals surface area contributed by atoms with Gasteiger partial charge in [0.2, 0.25) is 0 Å². The predicted molar refractivity (Wildman–Crippen MR) is 117 cm³/mol. The van der Waals surface area contributed by atoms with E-state index in [4.69, 9.17) is 4.74 Å². The van der Waals surface area contributed by atoms with Gasteiger partial charge in [0.1, 0.15) is 24.0 Å². The lowest BCUT2D eigenvalue weighted by Gasteiger charge is -2.41. The number of para-hydroxylation sites is 1. The molecule has 1 heterocycles. The number of benzene rings is 3. The van der Waals surface area contributed by atoms with Crippen molar-refractivity contribution in [1.82, 2.24) is 0 Å². The summed E-state index contributed by atoms with van der Waals surface area (Å²) in [7, 11) is 0. The zero-order valence-electron chi connectivity index (χ0n) is 19.0. The Morgan fingerprint density at radius 2 is 1.61 bits per heavy atom. The van der Waals surface area contributed by atoms with E-state index >= 15 is 0 Å². The first-order valence-electron chi connectivity index (χ1n) is 10.9. The van der Waals surface area contributed by atoms with Crippen LogP contribution in [0.15, 0.2) is 60.7 Å². The van der Waals surface area contributed by atoms with E-state index in [1.54, 1.807) is 0 Å². The first-order chi connectivity index (χ1) is 17.8. The minimum Gasteiger partial charge on any atom is -0.488 e. The Hall–Kier alpha value is -3.61. The van der Waals surface area contributed by atoms with Crippen molar-refractivity contribution < 1.29 is 54.1 Å². The Balaban J connectivity index is 1.78. The van der Waals surface area contributed by atoms with Crippen LogP contribution in [0.2, 0.25) is 0 Å². The van der Waals surface area contributed by atoms with Crippen LogP contribution in [0.3, 0.4) is 0 Å². The molecule has 3 aromatic carbocycles. The number of aliphatic hydroxyl groups is 1. The molecule has 0 radical (unpaired) electrons. The highest BCUT2D eigenvalue weighted by Gasteiger charge is 2.45. The molecule has 2 unspecified atom stereocenters. The maximum absolute atomic E-state index is 13.9. The van der Waals surface area contributed by atoms with E-state index < -0.39 is 61.4 Å². The van der Waals surface area contributed by atoms with Crippen molar-refractivity contribution in [2.45, 2.75) is 30.9 Å². The summed E-state index contributed by atoms with van der Waals surface area (Å²) in [6.45, 7) is -1.44. The van der Waals surface area contributed by atoms with Crippen molar-refractivity contribution in [3.05, 3.63) is 77.9 Å². The van der Waals surface area contributed by atoms with Crippen LogP contribution in [0.25, 0.3) is 11.1 Å². The molecule has 1 aliphatic heterocycles. The first-order valence-corrected chi connectivity index (χ1v) is 10.9. The summed E-state index contributed by atoms with van der Waals surface area (Å²) in [6, 6.07) is 10.0. The van der Waals surface area contributed by atoms with Gasteiger partial charge in [-0.25, -0.2) is 8.78 Å². The summed E-state index contributed by atoms with van der Waals surface area (Å²) in [5.74, 6) is -2.54. The summed E-state index contributed by atoms with van der Waals surface area (Å²) in [4.78, 5) is 1.08. The van der Waals surface area contributed by atoms with Crippen molar-refractivity contribution >= 4 is 5.69 Å². The lowest BCUT2D eigenvalue weighted by molar-refractivity contribution is -0.253. The van der Waals surface area contributed by atoms with Crippen LogP contribution in [0, 0.1) is 11.6 Å². The van der Waals surface area contributed by atoms with Gasteiger partial charge in [0.25, 0.3) is 0 Å². The number of anilines is 1. The second-order valence-corrected chi connectivity index (χ2v) is 8.39. The molecular formula is C25H18F9NO3. The van der Waals surface area contributed by atoms with Gasteiger partial charge in [0.15, 0.2) is 11.9 Å². The quantitative estimate of drug-likeness (QED) is 0.331. The Morgan fingerprint density at radius 3 is 2.24 bits per heavy atom. The second kappa shape index (κ2) is 10.3. The Labute approximate surface area is 209 Å². The van der Waals surface area contributed by atoms with Crippen LogP contribution >= 0.6 is 0 Å². The lowest BCUT2D eigenvalue weighted by Crippen LogP contribution is -2.46. The van der Waals surface area contributed by atoms with Gasteiger partial charge in [-0.15, -0.1) is 0 Å². The molecule has 1 N–H and O–H groups in total. The Kier molecular flexibility index (Phi) is 7.42. The molecule has 0 fully saturated rings. The topological polar surface area (TPSA) is 41.9 Å². The van der Waals surface area contributed by atoms with Gasteiger partial charge >= 0.3 is 18.7 Å². The van der Waals surface area contributed by atoms with E-state index in [0.717, 1.165) is 29.2 Å². The molecule has 204 valence electrons. The van der Waals surface area contributed by atoms with Crippen LogP contribution in [-0.4, -0.2) is 43.1 Å². The highest BCUT2D eigenvalue weighted by atomic mass is 19.4. The molecule has 0 spiro atoms. The zero-order chi connectivity index (χ0) is 27.8. The molecule has 0 aliphatic carbocycles. The molecule has 4 rings (SSSR count). The fraction of sp³-hybridized carbons (Fsp3) is 0.280. The lowest BCUT2D eigenvalue weighted by atomic mass is 9.98. The number of ether oxygens (including phenoxy) is 2. The van der Waals surface area contributed by atoms with Gasteiger partial charge in [0.05, 0.1) is 18.3 Å². The normalized spacial score (nSPS) is 16.7. The van der Waals surface area contributed by atoms with E-state index in [1.165, 1.54) is 30.3 Å². The molecule has 0 aromatic heterocycles. The van der Waals surface area contributed by atoms with Gasteiger partial charge in [0, 0.05) is 11.6 Å². The Morgan fingerprint density at radius 1 is 0.947 bits per heavy atom. The van der Waals surface area contributed by atoms with Crippen molar-refractivity contribution in [3.8, 4) is 22.6 Å². The van der Waals surface area contributed by atoms with Gasteiger partial charge in [-0.2, -0.15) is 30.7 Å². The summed E-state index contributed by atoms with van der Waals surface area (Å²) in [5.41, 5.74) is 0.212.